The lowest BCUT2D eigenvalue weighted by molar-refractivity contribution is -0.118. The van der Waals surface area contributed by atoms with Crippen molar-refractivity contribution in [2.45, 2.75) is 12.5 Å². The molecule has 1 aromatic carbocycles. The number of thiophene rings is 1. The topological polar surface area (TPSA) is 54.5 Å². The minimum absolute atomic E-state index is 0.0702. The Kier molecular flexibility index (Phi) is 4.70. The molecule has 0 spiro atoms. The highest BCUT2D eigenvalue weighted by molar-refractivity contribution is 9.10. The van der Waals surface area contributed by atoms with Crippen molar-refractivity contribution in [2.75, 3.05) is 10.7 Å². The summed E-state index contributed by atoms with van der Waals surface area (Å²) in [4.78, 5) is 15.3. The zero-order valence-corrected chi connectivity index (χ0v) is 15.3. The van der Waals surface area contributed by atoms with E-state index in [-0.39, 0.29) is 18.1 Å². The molecule has 1 aliphatic rings. The number of sulfone groups is 1. The monoisotopic (exact) mass is 411 g/mol. The summed E-state index contributed by atoms with van der Waals surface area (Å²) in [7, 11) is -3.23. The third kappa shape index (κ3) is 3.91. The van der Waals surface area contributed by atoms with Crippen molar-refractivity contribution in [3.63, 3.8) is 0 Å². The number of nitrogens with zero attached hydrogens (tertiary/aromatic N) is 1. The average molecular weight is 412 g/mol. The summed E-state index contributed by atoms with van der Waals surface area (Å²) in [6, 6.07) is 10.7. The lowest BCUT2D eigenvalue weighted by atomic mass is 10.2. The molecule has 3 rings (SSSR count). The van der Waals surface area contributed by atoms with Crippen molar-refractivity contribution in [1.29, 1.82) is 0 Å². The molecule has 0 saturated carbocycles. The summed E-state index contributed by atoms with van der Waals surface area (Å²) in [5.74, 6) is -0.180. The second kappa shape index (κ2) is 6.59. The number of amides is 1. The van der Waals surface area contributed by atoms with Gasteiger partial charge in [-0.2, -0.15) is 0 Å². The normalized spacial score (nSPS) is 18.9. The minimum atomic E-state index is -3.23. The molecular formula is C16H14BrNO3S2. The van der Waals surface area contributed by atoms with Gasteiger partial charge in [-0.25, -0.2) is 8.42 Å². The predicted molar refractivity (Wildman–Crippen MR) is 96.4 cm³/mol. The second-order valence-electron chi connectivity index (χ2n) is 5.22. The Labute approximate surface area is 147 Å². The number of halogens is 1. The van der Waals surface area contributed by atoms with E-state index in [0.717, 1.165) is 9.35 Å². The fraction of sp³-hybridized carbons (Fsp3) is 0.188. The summed E-state index contributed by atoms with van der Waals surface area (Å²) in [5, 5.41) is 3.12. The predicted octanol–water partition coefficient (Wildman–Crippen LogP) is 3.40. The van der Waals surface area contributed by atoms with Crippen LogP contribution in [0.25, 0.3) is 0 Å². The van der Waals surface area contributed by atoms with E-state index in [0.29, 0.717) is 5.69 Å². The van der Waals surface area contributed by atoms with Crippen LogP contribution in [-0.2, 0) is 21.1 Å². The maximum absolute atomic E-state index is 12.8. The number of carbonyl (C=O) groups excluding carboxylic acids is 1. The Hall–Kier alpha value is -1.44. The molecule has 0 fully saturated rings. The Morgan fingerprint density at radius 1 is 1.26 bits per heavy atom. The van der Waals surface area contributed by atoms with E-state index in [4.69, 9.17) is 0 Å². The van der Waals surface area contributed by atoms with Gasteiger partial charge in [0, 0.05) is 20.4 Å². The lowest BCUT2D eigenvalue weighted by Gasteiger charge is -2.27. The van der Waals surface area contributed by atoms with Crippen molar-refractivity contribution in [3.8, 4) is 0 Å². The maximum atomic E-state index is 12.8. The maximum Gasteiger partial charge on any atom is 0.232 e. The molecule has 0 aliphatic carbocycles. The van der Waals surface area contributed by atoms with Crippen LogP contribution in [0.5, 0.6) is 0 Å². The third-order valence-corrected chi connectivity index (χ3v) is 6.30. The molecule has 0 saturated heterocycles. The summed E-state index contributed by atoms with van der Waals surface area (Å²) in [5.41, 5.74) is 0.696. The van der Waals surface area contributed by atoms with Gasteiger partial charge in [-0.3, -0.25) is 4.79 Å². The molecule has 7 heteroatoms. The van der Waals surface area contributed by atoms with Crippen molar-refractivity contribution < 1.29 is 13.2 Å². The molecule has 2 heterocycles. The number of benzene rings is 1. The van der Waals surface area contributed by atoms with Gasteiger partial charge in [-0.1, -0.05) is 22.0 Å². The van der Waals surface area contributed by atoms with E-state index in [1.807, 2.05) is 41.8 Å². The first-order valence-electron chi connectivity index (χ1n) is 6.95. The van der Waals surface area contributed by atoms with Crippen molar-refractivity contribution in [2.24, 2.45) is 0 Å². The van der Waals surface area contributed by atoms with E-state index in [1.54, 1.807) is 11.0 Å². The summed E-state index contributed by atoms with van der Waals surface area (Å²) in [6.45, 7) is 0. The lowest BCUT2D eigenvalue weighted by Crippen LogP contribution is -2.42. The van der Waals surface area contributed by atoms with Crippen molar-refractivity contribution >= 4 is 48.7 Å². The zero-order chi connectivity index (χ0) is 16.4. The Bertz CT molecular complexity index is 827. The van der Waals surface area contributed by atoms with E-state index in [2.05, 4.69) is 15.9 Å². The van der Waals surface area contributed by atoms with Gasteiger partial charge in [0.25, 0.3) is 0 Å². The second-order valence-corrected chi connectivity index (χ2v) is 9.10. The molecule has 23 heavy (non-hydrogen) atoms. The molecular weight excluding hydrogens is 398 g/mol. The van der Waals surface area contributed by atoms with Crippen LogP contribution in [0.15, 0.2) is 57.7 Å². The first kappa shape index (κ1) is 16.4. The average Bonchev–Trinajstić information content (AvgIpc) is 3.11. The quantitative estimate of drug-likeness (QED) is 0.774. The van der Waals surface area contributed by atoms with Gasteiger partial charge in [0.1, 0.15) is 0 Å². The minimum Gasteiger partial charge on any atom is -0.304 e. The van der Waals surface area contributed by atoms with Crippen LogP contribution in [0.2, 0.25) is 0 Å². The highest BCUT2D eigenvalue weighted by Gasteiger charge is 2.31. The Morgan fingerprint density at radius 3 is 2.57 bits per heavy atom. The van der Waals surface area contributed by atoms with Crippen molar-refractivity contribution in [1.82, 2.24) is 0 Å². The molecule has 1 atom stereocenters. The Balaban J connectivity index is 1.91. The molecule has 1 amide bonds. The van der Waals surface area contributed by atoms with Crippen LogP contribution in [0, 0.1) is 0 Å². The first-order chi connectivity index (χ1) is 10.9. The first-order valence-corrected chi connectivity index (χ1v) is 10.3. The zero-order valence-electron chi connectivity index (χ0n) is 12.1. The number of hydrogen-bond acceptors (Lipinski definition) is 4. The summed E-state index contributed by atoms with van der Waals surface area (Å²) in [6.07, 6.45) is 1.85. The van der Waals surface area contributed by atoms with Gasteiger partial charge in [0.15, 0.2) is 9.84 Å². The van der Waals surface area contributed by atoms with E-state index < -0.39 is 15.9 Å². The molecule has 1 aliphatic heterocycles. The molecule has 4 nitrogen and oxygen atoms in total. The SMILES string of the molecule is O=C(Cc1cccs1)N(c1ccc(Br)cc1)[C@H]1C=CS(=O)(=O)C1. The van der Waals surface area contributed by atoms with Gasteiger partial charge in [0.2, 0.25) is 5.91 Å². The third-order valence-electron chi connectivity index (χ3n) is 3.52. The summed E-state index contributed by atoms with van der Waals surface area (Å²) >= 11 is 4.89. The van der Waals surface area contributed by atoms with Crippen LogP contribution in [-0.4, -0.2) is 26.1 Å². The van der Waals surface area contributed by atoms with Gasteiger partial charge in [-0.05, 0) is 41.8 Å². The summed E-state index contributed by atoms with van der Waals surface area (Å²) < 4.78 is 24.4. The van der Waals surface area contributed by atoms with Crippen molar-refractivity contribution in [3.05, 3.63) is 62.6 Å². The molecule has 0 unspecified atom stereocenters. The molecule has 120 valence electrons. The van der Waals surface area contributed by atoms with Crippen LogP contribution in [0.4, 0.5) is 5.69 Å². The standard InChI is InChI=1S/C16H14BrNO3S2/c17-12-3-5-13(6-4-12)18(14-7-9-23(20,21)11-14)16(19)10-15-2-1-8-22-15/h1-9,14H,10-11H2/t14-/m0/s1. The largest absolute Gasteiger partial charge is 0.304 e. The van der Waals surface area contributed by atoms with E-state index >= 15 is 0 Å². The molecule has 0 radical (unpaired) electrons. The van der Waals surface area contributed by atoms with Gasteiger partial charge in [-0.15, -0.1) is 11.3 Å². The van der Waals surface area contributed by atoms with Crippen LogP contribution < -0.4 is 4.90 Å². The van der Waals surface area contributed by atoms with E-state index in [1.165, 1.54) is 16.7 Å². The van der Waals surface area contributed by atoms with Gasteiger partial charge >= 0.3 is 0 Å². The van der Waals surface area contributed by atoms with Gasteiger partial charge < -0.3 is 4.90 Å². The molecule has 1 aromatic heterocycles. The molecule has 0 N–H and O–H groups in total. The number of rotatable bonds is 4. The highest BCUT2D eigenvalue weighted by atomic mass is 79.9. The van der Waals surface area contributed by atoms with Crippen LogP contribution >= 0.6 is 27.3 Å². The Morgan fingerprint density at radius 2 is 2.00 bits per heavy atom. The fourth-order valence-corrected chi connectivity index (χ4v) is 4.72. The fourth-order valence-electron chi connectivity index (χ4n) is 2.49. The van der Waals surface area contributed by atoms with Crippen LogP contribution in [0.1, 0.15) is 4.88 Å². The molecule has 2 aromatic rings. The van der Waals surface area contributed by atoms with E-state index in [9.17, 15) is 13.2 Å². The molecule has 0 bridgehead atoms. The van der Waals surface area contributed by atoms with Gasteiger partial charge in [0.05, 0.1) is 18.2 Å². The number of carbonyl (C=O) groups is 1. The smallest absolute Gasteiger partial charge is 0.232 e. The van der Waals surface area contributed by atoms with Crippen LogP contribution in [0.3, 0.4) is 0 Å². The number of anilines is 1. The number of hydrogen-bond donors (Lipinski definition) is 0. The highest BCUT2D eigenvalue weighted by Crippen LogP contribution is 2.26.